The van der Waals surface area contributed by atoms with Gasteiger partial charge in [0, 0.05) is 26.1 Å². The minimum absolute atomic E-state index is 0.0657. The third-order valence-electron chi connectivity index (χ3n) is 6.28. The van der Waals surface area contributed by atoms with Crippen LogP contribution in [-0.4, -0.2) is 35.0 Å². The molecular weight excluding hydrogens is 431 g/mol. The van der Waals surface area contributed by atoms with Crippen LogP contribution in [0.5, 0.6) is 0 Å². The van der Waals surface area contributed by atoms with E-state index in [1.165, 1.54) is 17.7 Å². The van der Waals surface area contributed by atoms with E-state index in [4.69, 9.17) is 4.74 Å². The predicted octanol–water partition coefficient (Wildman–Crippen LogP) is 5.33. The van der Waals surface area contributed by atoms with Gasteiger partial charge >= 0.3 is 5.97 Å². The molecule has 0 atom stereocenters. The summed E-state index contributed by atoms with van der Waals surface area (Å²) in [5, 5.41) is 3.14. The SMILES string of the molecule is CC(=O)N(Cc1ccc(F)cc1)[C@H]1CC[C@H](c2ccc(CNCC(=O)OC(C)(C)C)cc2)CC1. The number of halogens is 1. The summed E-state index contributed by atoms with van der Waals surface area (Å²) in [6.07, 6.45) is 4.00. The summed E-state index contributed by atoms with van der Waals surface area (Å²) < 4.78 is 18.5. The Morgan fingerprint density at radius 3 is 2.12 bits per heavy atom. The Morgan fingerprint density at radius 1 is 0.971 bits per heavy atom. The van der Waals surface area contributed by atoms with Crippen molar-refractivity contribution in [1.29, 1.82) is 0 Å². The van der Waals surface area contributed by atoms with Crippen LogP contribution in [0.1, 0.15) is 76.0 Å². The van der Waals surface area contributed by atoms with Gasteiger partial charge in [-0.3, -0.25) is 9.59 Å². The fourth-order valence-corrected chi connectivity index (χ4v) is 4.60. The molecule has 0 aromatic heterocycles. The van der Waals surface area contributed by atoms with Gasteiger partial charge in [0.05, 0.1) is 6.54 Å². The summed E-state index contributed by atoms with van der Waals surface area (Å²) in [6.45, 7) is 8.53. The molecule has 1 amide bonds. The molecule has 1 N–H and O–H groups in total. The number of hydrogen-bond donors (Lipinski definition) is 1. The first-order chi connectivity index (χ1) is 16.1. The molecule has 0 heterocycles. The van der Waals surface area contributed by atoms with E-state index < -0.39 is 5.60 Å². The van der Waals surface area contributed by atoms with Gasteiger partial charge in [-0.2, -0.15) is 0 Å². The summed E-state index contributed by atoms with van der Waals surface area (Å²) in [7, 11) is 0. The quantitative estimate of drug-likeness (QED) is 0.532. The summed E-state index contributed by atoms with van der Waals surface area (Å²) in [5.74, 6) is 0.0408. The smallest absolute Gasteiger partial charge is 0.320 e. The van der Waals surface area contributed by atoms with E-state index in [2.05, 4.69) is 29.6 Å². The van der Waals surface area contributed by atoms with E-state index >= 15 is 0 Å². The highest BCUT2D eigenvalue weighted by atomic mass is 19.1. The molecule has 1 saturated carbocycles. The highest BCUT2D eigenvalue weighted by molar-refractivity contribution is 5.73. The van der Waals surface area contributed by atoms with Gasteiger partial charge in [-0.1, -0.05) is 36.4 Å². The van der Waals surface area contributed by atoms with Crippen LogP contribution in [0.15, 0.2) is 48.5 Å². The molecule has 0 unspecified atom stereocenters. The van der Waals surface area contributed by atoms with Gasteiger partial charge in [0.15, 0.2) is 0 Å². The third kappa shape index (κ3) is 7.94. The maximum absolute atomic E-state index is 13.2. The second kappa shape index (κ2) is 11.6. The molecule has 2 aromatic rings. The van der Waals surface area contributed by atoms with E-state index in [-0.39, 0.29) is 30.3 Å². The lowest BCUT2D eigenvalue weighted by molar-refractivity contribution is -0.153. The molecule has 5 nitrogen and oxygen atoms in total. The number of carbonyl (C=O) groups excluding carboxylic acids is 2. The van der Waals surface area contributed by atoms with Crippen molar-refractivity contribution in [2.24, 2.45) is 0 Å². The first kappa shape index (κ1) is 25.9. The van der Waals surface area contributed by atoms with Crippen molar-refractivity contribution in [3.63, 3.8) is 0 Å². The van der Waals surface area contributed by atoms with Gasteiger partial charge in [-0.25, -0.2) is 4.39 Å². The summed E-state index contributed by atoms with van der Waals surface area (Å²) in [6, 6.07) is 15.2. The molecule has 0 spiro atoms. The average Bonchev–Trinajstić information content (AvgIpc) is 2.78. The molecular formula is C28H37FN2O3. The number of rotatable bonds is 8. The maximum Gasteiger partial charge on any atom is 0.320 e. The second-order valence-electron chi connectivity index (χ2n) is 10.2. The zero-order valence-electron chi connectivity index (χ0n) is 20.8. The minimum Gasteiger partial charge on any atom is -0.459 e. The zero-order chi connectivity index (χ0) is 24.7. The molecule has 6 heteroatoms. The van der Waals surface area contributed by atoms with Gasteiger partial charge in [0.25, 0.3) is 0 Å². The van der Waals surface area contributed by atoms with Gasteiger partial charge in [-0.05, 0) is 81.2 Å². The molecule has 0 saturated heterocycles. The normalized spacial score (nSPS) is 18.4. The number of nitrogens with one attached hydrogen (secondary N) is 1. The number of benzene rings is 2. The number of hydrogen-bond acceptors (Lipinski definition) is 4. The standard InChI is InChI=1S/C28H37FN2O3/c1-20(32)31(19-22-7-13-25(29)14-8-22)26-15-11-24(12-16-26)23-9-5-21(6-10-23)17-30-18-27(33)34-28(2,3)4/h5-10,13-14,24,26,30H,11-12,15-19H2,1-4H3/t24-,26-. The van der Waals surface area contributed by atoms with E-state index in [0.717, 1.165) is 36.8 Å². The van der Waals surface area contributed by atoms with Crippen LogP contribution in [0.4, 0.5) is 4.39 Å². The third-order valence-corrected chi connectivity index (χ3v) is 6.28. The Bertz CT molecular complexity index is 943. The van der Waals surface area contributed by atoms with Crippen molar-refractivity contribution in [3.05, 3.63) is 71.0 Å². The van der Waals surface area contributed by atoms with Crippen molar-refractivity contribution >= 4 is 11.9 Å². The van der Waals surface area contributed by atoms with E-state index in [9.17, 15) is 14.0 Å². The molecule has 1 fully saturated rings. The highest BCUT2D eigenvalue weighted by Gasteiger charge is 2.28. The number of amides is 1. The number of ether oxygens (including phenoxy) is 1. The fourth-order valence-electron chi connectivity index (χ4n) is 4.60. The van der Waals surface area contributed by atoms with E-state index in [1.54, 1.807) is 19.1 Å². The molecule has 0 aliphatic heterocycles. The Labute approximate surface area is 202 Å². The number of carbonyl (C=O) groups is 2. The molecule has 3 rings (SSSR count). The maximum atomic E-state index is 13.2. The number of esters is 1. The fraction of sp³-hybridized carbons (Fsp3) is 0.500. The minimum atomic E-state index is -0.470. The molecule has 0 radical (unpaired) electrons. The van der Waals surface area contributed by atoms with Crippen molar-refractivity contribution in [2.45, 2.75) is 84.0 Å². The van der Waals surface area contributed by atoms with Gasteiger partial charge in [0.2, 0.25) is 5.91 Å². The highest BCUT2D eigenvalue weighted by Crippen LogP contribution is 2.35. The van der Waals surface area contributed by atoms with Crippen LogP contribution >= 0.6 is 0 Å². The first-order valence-electron chi connectivity index (χ1n) is 12.1. The Kier molecular flexibility index (Phi) is 8.84. The first-order valence-corrected chi connectivity index (χ1v) is 12.1. The van der Waals surface area contributed by atoms with Crippen LogP contribution in [0.3, 0.4) is 0 Å². The van der Waals surface area contributed by atoms with E-state index in [0.29, 0.717) is 19.0 Å². The average molecular weight is 469 g/mol. The lowest BCUT2D eigenvalue weighted by atomic mass is 9.81. The molecule has 2 aromatic carbocycles. The molecule has 34 heavy (non-hydrogen) atoms. The number of nitrogens with zero attached hydrogens (tertiary/aromatic N) is 1. The van der Waals surface area contributed by atoms with Crippen LogP contribution in [0.25, 0.3) is 0 Å². The molecule has 1 aliphatic rings. The molecule has 0 bridgehead atoms. The zero-order valence-corrected chi connectivity index (χ0v) is 20.8. The topological polar surface area (TPSA) is 58.6 Å². The molecule has 1 aliphatic carbocycles. The lowest BCUT2D eigenvalue weighted by Crippen LogP contribution is -2.40. The van der Waals surface area contributed by atoms with Crippen LogP contribution < -0.4 is 5.32 Å². The predicted molar refractivity (Wildman–Crippen MR) is 132 cm³/mol. The van der Waals surface area contributed by atoms with Gasteiger partial charge < -0.3 is 15.0 Å². The van der Waals surface area contributed by atoms with Crippen molar-refractivity contribution in [3.8, 4) is 0 Å². The van der Waals surface area contributed by atoms with Crippen LogP contribution in [-0.2, 0) is 27.4 Å². The van der Waals surface area contributed by atoms with Crippen molar-refractivity contribution < 1.29 is 18.7 Å². The lowest BCUT2D eigenvalue weighted by Gasteiger charge is -2.37. The molecule has 184 valence electrons. The van der Waals surface area contributed by atoms with Crippen LogP contribution in [0, 0.1) is 5.82 Å². The van der Waals surface area contributed by atoms with Crippen molar-refractivity contribution in [2.75, 3.05) is 6.54 Å². The Hall–Kier alpha value is -2.73. The second-order valence-corrected chi connectivity index (χ2v) is 10.2. The Balaban J connectivity index is 1.48. The van der Waals surface area contributed by atoms with Gasteiger partial charge in [-0.15, -0.1) is 0 Å². The summed E-state index contributed by atoms with van der Waals surface area (Å²) >= 11 is 0. The largest absolute Gasteiger partial charge is 0.459 e. The van der Waals surface area contributed by atoms with Crippen molar-refractivity contribution in [1.82, 2.24) is 10.2 Å². The Morgan fingerprint density at radius 2 is 1.56 bits per heavy atom. The summed E-state index contributed by atoms with van der Waals surface area (Å²) in [4.78, 5) is 26.1. The van der Waals surface area contributed by atoms with Gasteiger partial charge in [0.1, 0.15) is 11.4 Å². The van der Waals surface area contributed by atoms with E-state index in [1.807, 2.05) is 25.7 Å². The summed E-state index contributed by atoms with van der Waals surface area (Å²) in [5.41, 5.74) is 2.93. The monoisotopic (exact) mass is 468 g/mol. The van der Waals surface area contributed by atoms with Crippen LogP contribution in [0.2, 0.25) is 0 Å².